The number of likely N-dealkylation sites (tertiary alicyclic amines) is 1. The summed E-state index contributed by atoms with van der Waals surface area (Å²) in [5, 5.41) is 4.78. The first-order chi connectivity index (χ1) is 13.6. The average molecular weight is 374 g/mol. The molecule has 1 aliphatic rings. The summed E-state index contributed by atoms with van der Waals surface area (Å²) >= 11 is 0. The Labute approximate surface area is 165 Å². The van der Waals surface area contributed by atoms with Crippen LogP contribution in [0.15, 0.2) is 60.8 Å². The van der Waals surface area contributed by atoms with Crippen LogP contribution in [0.25, 0.3) is 11.3 Å². The zero-order valence-corrected chi connectivity index (χ0v) is 16.2. The van der Waals surface area contributed by atoms with E-state index in [0.29, 0.717) is 25.2 Å². The van der Waals surface area contributed by atoms with Gasteiger partial charge in [-0.25, -0.2) is 0 Å². The molecule has 0 radical (unpaired) electrons. The molecule has 1 fully saturated rings. The lowest BCUT2D eigenvalue weighted by atomic mass is 10.0. The monoisotopic (exact) mass is 374 g/mol. The van der Waals surface area contributed by atoms with Crippen molar-refractivity contribution < 1.29 is 4.79 Å². The van der Waals surface area contributed by atoms with Gasteiger partial charge in [-0.15, -0.1) is 0 Å². The molecule has 144 valence electrons. The zero-order chi connectivity index (χ0) is 19.5. The fourth-order valence-electron chi connectivity index (χ4n) is 3.63. The molecule has 0 bridgehead atoms. The molecule has 1 aliphatic heterocycles. The number of rotatable bonds is 4. The standard InChI is InChI=1S/C23H26N4O/c1-17-7-9-19(10-8-17)22-21(23(28)26-13-11-20(24)12-14-26)16-27(25-22)15-18-5-3-2-4-6-18/h2-10,16,20H,11-15,24H2,1H3. The van der Waals surface area contributed by atoms with Crippen LogP contribution in [0.3, 0.4) is 0 Å². The van der Waals surface area contributed by atoms with Crippen molar-refractivity contribution in [2.75, 3.05) is 13.1 Å². The number of carbonyl (C=O) groups excluding carboxylic acids is 1. The third-order valence-electron chi connectivity index (χ3n) is 5.33. The number of hydrogen-bond donors (Lipinski definition) is 1. The summed E-state index contributed by atoms with van der Waals surface area (Å²) in [6.45, 7) is 4.10. The summed E-state index contributed by atoms with van der Waals surface area (Å²) < 4.78 is 1.87. The van der Waals surface area contributed by atoms with E-state index in [1.165, 1.54) is 5.56 Å². The van der Waals surface area contributed by atoms with Gasteiger partial charge in [-0.05, 0) is 25.3 Å². The minimum absolute atomic E-state index is 0.0433. The Morgan fingerprint density at radius 3 is 2.43 bits per heavy atom. The number of hydrogen-bond acceptors (Lipinski definition) is 3. The molecule has 2 heterocycles. The zero-order valence-electron chi connectivity index (χ0n) is 16.2. The van der Waals surface area contributed by atoms with Gasteiger partial charge in [-0.1, -0.05) is 60.2 Å². The van der Waals surface area contributed by atoms with Gasteiger partial charge < -0.3 is 10.6 Å². The fourth-order valence-corrected chi connectivity index (χ4v) is 3.63. The second-order valence-electron chi connectivity index (χ2n) is 7.57. The molecular formula is C23H26N4O. The van der Waals surface area contributed by atoms with Crippen LogP contribution in [0.1, 0.15) is 34.3 Å². The van der Waals surface area contributed by atoms with Crippen molar-refractivity contribution in [3.63, 3.8) is 0 Å². The Kier molecular flexibility index (Phi) is 5.26. The van der Waals surface area contributed by atoms with Crippen molar-refractivity contribution in [2.45, 2.75) is 32.4 Å². The summed E-state index contributed by atoms with van der Waals surface area (Å²) in [5.74, 6) is 0.0433. The number of benzene rings is 2. The Morgan fingerprint density at radius 2 is 1.75 bits per heavy atom. The molecule has 0 saturated carbocycles. The van der Waals surface area contributed by atoms with Gasteiger partial charge in [-0.3, -0.25) is 9.48 Å². The van der Waals surface area contributed by atoms with E-state index in [4.69, 9.17) is 10.8 Å². The maximum absolute atomic E-state index is 13.3. The minimum Gasteiger partial charge on any atom is -0.338 e. The molecule has 28 heavy (non-hydrogen) atoms. The van der Waals surface area contributed by atoms with Crippen LogP contribution in [0, 0.1) is 6.92 Å². The summed E-state index contributed by atoms with van der Waals surface area (Å²) in [6, 6.07) is 18.6. The van der Waals surface area contributed by atoms with E-state index in [9.17, 15) is 4.79 Å². The largest absolute Gasteiger partial charge is 0.338 e. The molecule has 4 rings (SSSR count). The van der Waals surface area contributed by atoms with E-state index in [1.807, 2.05) is 46.1 Å². The van der Waals surface area contributed by atoms with E-state index in [2.05, 4.69) is 31.2 Å². The van der Waals surface area contributed by atoms with Gasteiger partial charge in [0.15, 0.2) is 0 Å². The number of aromatic nitrogens is 2. The quantitative estimate of drug-likeness (QED) is 0.760. The normalized spacial score (nSPS) is 15.0. The second kappa shape index (κ2) is 7.98. The van der Waals surface area contributed by atoms with Gasteiger partial charge in [0.1, 0.15) is 5.69 Å². The number of nitrogens with zero attached hydrogens (tertiary/aromatic N) is 3. The van der Waals surface area contributed by atoms with Crippen LogP contribution in [-0.2, 0) is 6.54 Å². The van der Waals surface area contributed by atoms with Crippen LogP contribution in [0.4, 0.5) is 0 Å². The molecule has 1 aromatic heterocycles. The fraction of sp³-hybridized carbons (Fsp3) is 0.304. The molecule has 0 aliphatic carbocycles. The van der Waals surface area contributed by atoms with E-state index < -0.39 is 0 Å². The van der Waals surface area contributed by atoms with Gasteiger partial charge in [0.2, 0.25) is 0 Å². The second-order valence-corrected chi connectivity index (χ2v) is 7.57. The molecule has 0 atom stereocenters. The molecule has 0 unspecified atom stereocenters. The Morgan fingerprint density at radius 1 is 1.07 bits per heavy atom. The highest BCUT2D eigenvalue weighted by atomic mass is 16.2. The van der Waals surface area contributed by atoms with Gasteiger partial charge in [-0.2, -0.15) is 5.10 Å². The predicted molar refractivity (Wildman–Crippen MR) is 111 cm³/mol. The molecule has 0 spiro atoms. The Bertz CT molecular complexity index is 938. The van der Waals surface area contributed by atoms with Crippen molar-refractivity contribution in [3.05, 3.63) is 77.5 Å². The molecule has 5 heteroatoms. The van der Waals surface area contributed by atoms with Crippen molar-refractivity contribution in [3.8, 4) is 11.3 Å². The number of nitrogens with two attached hydrogens (primary N) is 1. The first-order valence-electron chi connectivity index (χ1n) is 9.83. The van der Waals surface area contributed by atoms with Gasteiger partial charge in [0.05, 0.1) is 12.1 Å². The summed E-state index contributed by atoms with van der Waals surface area (Å²) in [6.07, 6.45) is 3.59. The maximum atomic E-state index is 13.3. The van der Waals surface area contributed by atoms with E-state index >= 15 is 0 Å². The number of aryl methyl sites for hydroxylation is 1. The van der Waals surface area contributed by atoms with Crippen molar-refractivity contribution in [2.24, 2.45) is 5.73 Å². The van der Waals surface area contributed by atoms with Crippen LogP contribution in [-0.4, -0.2) is 39.7 Å². The van der Waals surface area contributed by atoms with E-state index in [1.54, 1.807) is 0 Å². The van der Waals surface area contributed by atoms with Gasteiger partial charge in [0, 0.05) is 30.9 Å². The lowest BCUT2D eigenvalue weighted by Crippen LogP contribution is -2.42. The highest BCUT2D eigenvalue weighted by Gasteiger charge is 2.26. The van der Waals surface area contributed by atoms with Crippen LogP contribution in [0.2, 0.25) is 0 Å². The van der Waals surface area contributed by atoms with Crippen LogP contribution < -0.4 is 5.73 Å². The highest BCUT2D eigenvalue weighted by Crippen LogP contribution is 2.25. The topological polar surface area (TPSA) is 64.2 Å². The molecule has 2 aromatic carbocycles. The maximum Gasteiger partial charge on any atom is 0.257 e. The lowest BCUT2D eigenvalue weighted by molar-refractivity contribution is 0.0715. The SMILES string of the molecule is Cc1ccc(-c2nn(Cc3ccccc3)cc2C(=O)N2CCC(N)CC2)cc1. The van der Waals surface area contributed by atoms with Gasteiger partial charge in [0.25, 0.3) is 5.91 Å². The minimum atomic E-state index is 0.0433. The number of carbonyl (C=O) groups is 1. The molecule has 3 aromatic rings. The molecule has 1 saturated heterocycles. The average Bonchev–Trinajstić information content (AvgIpc) is 3.13. The van der Waals surface area contributed by atoms with Crippen molar-refractivity contribution >= 4 is 5.91 Å². The van der Waals surface area contributed by atoms with E-state index in [-0.39, 0.29) is 11.9 Å². The van der Waals surface area contributed by atoms with Crippen molar-refractivity contribution in [1.82, 2.24) is 14.7 Å². The first kappa shape index (κ1) is 18.4. The van der Waals surface area contributed by atoms with Gasteiger partial charge >= 0.3 is 0 Å². The van der Waals surface area contributed by atoms with Crippen LogP contribution in [0.5, 0.6) is 0 Å². The molecule has 5 nitrogen and oxygen atoms in total. The number of amides is 1. The molecular weight excluding hydrogens is 348 g/mol. The molecule has 1 amide bonds. The third-order valence-corrected chi connectivity index (χ3v) is 5.33. The number of piperidine rings is 1. The summed E-state index contributed by atoms with van der Waals surface area (Å²) in [7, 11) is 0. The lowest BCUT2D eigenvalue weighted by Gasteiger charge is -2.30. The Hall–Kier alpha value is -2.92. The first-order valence-corrected chi connectivity index (χ1v) is 9.83. The summed E-state index contributed by atoms with van der Waals surface area (Å²) in [4.78, 5) is 15.2. The Balaban J connectivity index is 1.68. The smallest absolute Gasteiger partial charge is 0.257 e. The summed E-state index contributed by atoms with van der Waals surface area (Å²) in [5.41, 5.74) is 10.7. The van der Waals surface area contributed by atoms with E-state index in [0.717, 1.165) is 29.7 Å². The predicted octanol–water partition coefficient (Wildman–Crippen LogP) is 3.47. The van der Waals surface area contributed by atoms with Crippen molar-refractivity contribution in [1.29, 1.82) is 0 Å². The molecule has 2 N–H and O–H groups in total. The van der Waals surface area contributed by atoms with Crippen LogP contribution >= 0.6 is 0 Å². The highest BCUT2D eigenvalue weighted by molar-refractivity contribution is 5.99. The third kappa shape index (κ3) is 3.99.